The Labute approximate surface area is 95.6 Å². The first-order valence-electron chi connectivity index (χ1n) is 5.41. The van der Waals surface area contributed by atoms with E-state index in [0.717, 1.165) is 12.2 Å². The number of hydrogen-bond acceptors (Lipinski definition) is 4. The van der Waals surface area contributed by atoms with Crippen LogP contribution in [0.3, 0.4) is 0 Å². The molecule has 0 bridgehead atoms. The number of aromatic nitrogens is 2. The molecule has 16 heavy (non-hydrogen) atoms. The van der Waals surface area contributed by atoms with Crippen LogP contribution >= 0.6 is 0 Å². The van der Waals surface area contributed by atoms with Crippen molar-refractivity contribution in [1.29, 1.82) is 0 Å². The maximum absolute atomic E-state index is 11.3. The first-order chi connectivity index (χ1) is 7.48. The van der Waals surface area contributed by atoms with Gasteiger partial charge in [0.2, 0.25) is 0 Å². The summed E-state index contributed by atoms with van der Waals surface area (Å²) in [5.74, 6) is 1.61. The van der Waals surface area contributed by atoms with Crippen LogP contribution in [0.2, 0.25) is 0 Å². The van der Waals surface area contributed by atoms with E-state index in [2.05, 4.69) is 4.98 Å². The second-order valence-electron chi connectivity index (χ2n) is 4.51. The van der Waals surface area contributed by atoms with Gasteiger partial charge in [-0.05, 0) is 18.8 Å². The van der Waals surface area contributed by atoms with E-state index in [-0.39, 0.29) is 17.7 Å². The lowest BCUT2D eigenvalue weighted by Gasteiger charge is -2.15. The molecule has 0 amide bonds. The molecule has 0 radical (unpaired) electrons. The van der Waals surface area contributed by atoms with Crippen molar-refractivity contribution < 1.29 is 8.42 Å². The van der Waals surface area contributed by atoms with Crippen molar-refractivity contribution in [3.05, 3.63) is 18.2 Å². The summed E-state index contributed by atoms with van der Waals surface area (Å²) in [4.78, 5) is 4.18. The number of aryl methyl sites for hydroxylation is 1. The molecule has 1 aromatic heterocycles. The zero-order valence-electron chi connectivity index (χ0n) is 9.33. The van der Waals surface area contributed by atoms with Crippen molar-refractivity contribution in [3.8, 4) is 0 Å². The van der Waals surface area contributed by atoms with Gasteiger partial charge < -0.3 is 10.3 Å². The first kappa shape index (κ1) is 11.6. The number of imidazole rings is 1. The third-order valence-corrected chi connectivity index (χ3v) is 4.94. The van der Waals surface area contributed by atoms with Crippen LogP contribution in [0.4, 0.5) is 0 Å². The van der Waals surface area contributed by atoms with Crippen molar-refractivity contribution in [2.24, 2.45) is 18.7 Å². The Kier molecular flexibility index (Phi) is 3.03. The summed E-state index contributed by atoms with van der Waals surface area (Å²) < 4.78 is 24.5. The third kappa shape index (κ3) is 2.44. The van der Waals surface area contributed by atoms with Crippen LogP contribution in [0.1, 0.15) is 24.7 Å². The molecule has 1 fully saturated rings. The first-order valence-corrected chi connectivity index (χ1v) is 7.23. The van der Waals surface area contributed by atoms with Gasteiger partial charge in [-0.3, -0.25) is 0 Å². The van der Waals surface area contributed by atoms with E-state index < -0.39 is 9.84 Å². The Hall–Kier alpha value is -0.880. The quantitative estimate of drug-likeness (QED) is 0.825. The van der Waals surface area contributed by atoms with Gasteiger partial charge in [-0.15, -0.1) is 0 Å². The minimum atomic E-state index is -2.80. The van der Waals surface area contributed by atoms with Gasteiger partial charge in [0.25, 0.3) is 0 Å². The van der Waals surface area contributed by atoms with Crippen LogP contribution in [0, 0.1) is 5.92 Å². The summed E-state index contributed by atoms with van der Waals surface area (Å²) in [6, 6.07) is -0.168. The molecule has 6 heteroatoms. The van der Waals surface area contributed by atoms with Gasteiger partial charge >= 0.3 is 0 Å². The van der Waals surface area contributed by atoms with E-state index in [4.69, 9.17) is 5.73 Å². The fraction of sp³-hybridized carbons (Fsp3) is 0.700. The maximum Gasteiger partial charge on any atom is 0.150 e. The highest BCUT2D eigenvalue weighted by molar-refractivity contribution is 7.91. The van der Waals surface area contributed by atoms with E-state index in [1.165, 1.54) is 0 Å². The van der Waals surface area contributed by atoms with Gasteiger partial charge in [0.1, 0.15) is 5.82 Å². The van der Waals surface area contributed by atoms with Crippen molar-refractivity contribution in [1.82, 2.24) is 9.55 Å². The molecule has 2 rings (SSSR count). The number of sulfone groups is 1. The molecule has 0 aromatic carbocycles. The van der Waals surface area contributed by atoms with Crippen LogP contribution in [-0.4, -0.2) is 29.5 Å². The smallest absolute Gasteiger partial charge is 0.150 e. The molecular weight excluding hydrogens is 226 g/mol. The molecule has 2 N–H and O–H groups in total. The average molecular weight is 243 g/mol. The predicted molar refractivity (Wildman–Crippen MR) is 61.5 cm³/mol. The number of nitrogens with two attached hydrogens (primary N) is 1. The fourth-order valence-electron chi connectivity index (χ4n) is 2.26. The van der Waals surface area contributed by atoms with E-state index >= 15 is 0 Å². The molecule has 0 aliphatic carbocycles. The van der Waals surface area contributed by atoms with Crippen molar-refractivity contribution >= 4 is 9.84 Å². The lowest BCUT2D eigenvalue weighted by molar-refractivity contribution is 0.461. The van der Waals surface area contributed by atoms with Gasteiger partial charge in [-0.25, -0.2) is 13.4 Å². The molecule has 1 aliphatic heterocycles. The van der Waals surface area contributed by atoms with Crippen LogP contribution in [0.5, 0.6) is 0 Å². The molecule has 0 spiro atoms. The summed E-state index contributed by atoms with van der Waals surface area (Å²) in [7, 11) is -0.906. The Bertz CT molecular complexity index is 466. The second-order valence-corrected chi connectivity index (χ2v) is 6.74. The van der Waals surface area contributed by atoms with E-state index in [0.29, 0.717) is 12.2 Å². The predicted octanol–water partition coefficient (Wildman–Crippen LogP) is 0.245. The third-order valence-electron chi connectivity index (χ3n) is 3.10. The van der Waals surface area contributed by atoms with Crippen LogP contribution < -0.4 is 5.73 Å². The molecule has 1 aliphatic rings. The molecule has 2 unspecified atom stereocenters. The zero-order chi connectivity index (χ0) is 11.8. The zero-order valence-corrected chi connectivity index (χ0v) is 10.2. The van der Waals surface area contributed by atoms with Crippen molar-refractivity contribution in [2.75, 3.05) is 11.5 Å². The monoisotopic (exact) mass is 243 g/mol. The highest BCUT2D eigenvalue weighted by atomic mass is 32.2. The normalized spacial score (nSPS) is 25.8. The van der Waals surface area contributed by atoms with Gasteiger partial charge in [0.15, 0.2) is 9.84 Å². The van der Waals surface area contributed by atoms with Crippen LogP contribution in [-0.2, 0) is 16.9 Å². The molecule has 1 aromatic rings. The SMILES string of the molecule is Cn1ccnc1C(N)CC1CCS(=O)(=O)C1. The minimum absolute atomic E-state index is 0.168. The van der Waals surface area contributed by atoms with Gasteiger partial charge in [-0.1, -0.05) is 0 Å². The standard InChI is InChI=1S/C10H17N3O2S/c1-13-4-3-12-10(13)9(11)6-8-2-5-16(14,15)7-8/h3-4,8-9H,2,5-7,11H2,1H3. The lowest BCUT2D eigenvalue weighted by Crippen LogP contribution is -2.19. The van der Waals surface area contributed by atoms with Gasteiger partial charge in [-0.2, -0.15) is 0 Å². The number of rotatable bonds is 3. The second kappa shape index (κ2) is 4.18. The topological polar surface area (TPSA) is 78.0 Å². The molecule has 1 saturated heterocycles. The summed E-state index contributed by atoms with van der Waals surface area (Å²) in [6.07, 6.45) is 4.99. The summed E-state index contributed by atoms with van der Waals surface area (Å²) >= 11 is 0. The Morgan fingerprint density at radius 2 is 2.44 bits per heavy atom. The molecule has 90 valence electrons. The average Bonchev–Trinajstić information content (AvgIpc) is 2.72. The van der Waals surface area contributed by atoms with Crippen LogP contribution in [0.25, 0.3) is 0 Å². The number of nitrogens with zero attached hydrogens (tertiary/aromatic N) is 2. The fourth-order valence-corrected chi connectivity index (χ4v) is 4.14. The highest BCUT2D eigenvalue weighted by Gasteiger charge is 2.29. The molecule has 5 nitrogen and oxygen atoms in total. The van der Waals surface area contributed by atoms with Crippen LogP contribution in [0.15, 0.2) is 12.4 Å². The Morgan fingerprint density at radius 3 is 2.94 bits per heavy atom. The molecule has 0 saturated carbocycles. The molecular formula is C10H17N3O2S. The molecule has 2 atom stereocenters. The Morgan fingerprint density at radius 1 is 1.69 bits per heavy atom. The highest BCUT2D eigenvalue weighted by Crippen LogP contribution is 2.26. The minimum Gasteiger partial charge on any atom is -0.337 e. The summed E-state index contributed by atoms with van der Waals surface area (Å²) in [6.45, 7) is 0. The van der Waals surface area contributed by atoms with Gasteiger partial charge in [0.05, 0.1) is 17.5 Å². The lowest BCUT2D eigenvalue weighted by atomic mass is 9.99. The maximum atomic E-state index is 11.3. The largest absolute Gasteiger partial charge is 0.337 e. The summed E-state index contributed by atoms with van der Waals surface area (Å²) in [5.41, 5.74) is 6.03. The van der Waals surface area contributed by atoms with E-state index in [9.17, 15) is 8.42 Å². The summed E-state index contributed by atoms with van der Waals surface area (Å²) in [5, 5.41) is 0. The van der Waals surface area contributed by atoms with E-state index in [1.54, 1.807) is 6.20 Å². The van der Waals surface area contributed by atoms with Gasteiger partial charge in [0, 0.05) is 19.4 Å². The van der Waals surface area contributed by atoms with Crippen molar-refractivity contribution in [2.45, 2.75) is 18.9 Å². The van der Waals surface area contributed by atoms with E-state index in [1.807, 2.05) is 17.8 Å². The number of hydrogen-bond donors (Lipinski definition) is 1. The molecule has 2 heterocycles. The van der Waals surface area contributed by atoms with Crippen molar-refractivity contribution in [3.63, 3.8) is 0 Å². The Balaban J connectivity index is 1.99.